The lowest BCUT2D eigenvalue weighted by atomic mass is 10.0. The Morgan fingerprint density at radius 3 is 3.13 bits per heavy atom. The van der Waals surface area contributed by atoms with Gasteiger partial charge in [0.2, 0.25) is 0 Å². The van der Waals surface area contributed by atoms with E-state index in [0.29, 0.717) is 6.04 Å². The van der Waals surface area contributed by atoms with Gasteiger partial charge in [0.15, 0.2) is 0 Å². The lowest BCUT2D eigenvalue weighted by Crippen LogP contribution is -2.34. The average Bonchev–Trinajstić information content (AvgIpc) is 2.62. The number of halogens is 1. The van der Waals surface area contributed by atoms with Crippen LogP contribution in [0, 0.1) is 0 Å². The molecule has 3 rings (SSSR count). The number of aromatic nitrogens is 1. The maximum Gasteiger partial charge on any atom is 0.0515 e. The molecule has 0 fully saturated rings. The van der Waals surface area contributed by atoms with Crippen LogP contribution in [0.1, 0.15) is 5.56 Å². The van der Waals surface area contributed by atoms with Gasteiger partial charge in [-0.3, -0.25) is 0 Å². The van der Waals surface area contributed by atoms with Gasteiger partial charge in [0.25, 0.3) is 0 Å². The summed E-state index contributed by atoms with van der Waals surface area (Å²) in [4.78, 5) is 0. The fourth-order valence-electron chi connectivity index (χ4n) is 2.47. The van der Waals surface area contributed by atoms with Gasteiger partial charge in [-0.05, 0) is 37.2 Å². The molecule has 0 bridgehead atoms. The third kappa shape index (κ3) is 1.36. The van der Waals surface area contributed by atoms with Gasteiger partial charge in [-0.25, -0.2) is 0 Å². The van der Waals surface area contributed by atoms with E-state index in [0.717, 1.165) is 18.0 Å². The first-order chi connectivity index (χ1) is 7.28. The zero-order valence-electron chi connectivity index (χ0n) is 8.63. The van der Waals surface area contributed by atoms with E-state index in [2.05, 4.69) is 28.2 Å². The van der Waals surface area contributed by atoms with Crippen LogP contribution in [-0.2, 0) is 13.0 Å². The molecule has 0 spiro atoms. The summed E-state index contributed by atoms with van der Waals surface area (Å²) in [6.07, 6.45) is 3.21. The van der Waals surface area contributed by atoms with Crippen molar-refractivity contribution in [1.29, 1.82) is 0 Å². The Balaban J connectivity index is 2.25. The average molecular weight is 221 g/mol. The molecule has 2 heterocycles. The zero-order chi connectivity index (χ0) is 10.4. The fourth-order valence-corrected chi connectivity index (χ4v) is 2.72. The third-order valence-electron chi connectivity index (χ3n) is 3.20. The number of likely N-dealkylation sites (N-methyl/N-ethyl adjacent to an activating group) is 1. The highest BCUT2D eigenvalue weighted by Crippen LogP contribution is 2.29. The summed E-state index contributed by atoms with van der Waals surface area (Å²) in [5, 5.41) is 5.43. The number of nitrogens with one attached hydrogen (secondary N) is 1. The molecule has 2 aromatic rings. The van der Waals surface area contributed by atoms with E-state index < -0.39 is 0 Å². The van der Waals surface area contributed by atoms with Crippen molar-refractivity contribution in [1.82, 2.24) is 9.88 Å². The second-order valence-electron chi connectivity index (χ2n) is 4.16. The van der Waals surface area contributed by atoms with E-state index >= 15 is 0 Å². The predicted octanol–water partition coefficient (Wildman–Crippen LogP) is 2.44. The second-order valence-corrected chi connectivity index (χ2v) is 4.60. The molecule has 1 aromatic heterocycles. The molecule has 1 atom stereocenters. The Bertz CT molecular complexity index is 516. The number of hydrogen-bond donors (Lipinski definition) is 1. The van der Waals surface area contributed by atoms with Crippen molar-refractivity contribution in [3.63, 3.8) is 0 Å². The predicted molar refractivity (Wildman–Crippen MR) is 63.5 cm³/mol. The van der Waals surface area contributed by atoms with E-state index in [1.54, 1.807) is 0 Å². The zero-order valence-corrected chi connectivity index (χ0v) is 9.38. The molecule has 3 heteroatoms. The van der Waals surface area contributed by atoms with Crippen LogP contribution in [0.5, 0.6) is 0 Å². The lowest BCUT2D eigenvalue weighted by molar-refractivity contribution is 0.471. The summed E-state index contributed by atoms with van der Waals surface area (Å²) in [5.74, 6) is 0. The molecule has 1 unspecified atom stereocenters. The highest BCUT2D eigenvalue weighted by Gasteiger charge is 2.19. The summed E-state index contributed by atoms with van der Waals surface area (Å²) >= 11 is 6.10. The largest absolute Gasteiger partial charge is 0.346 e. The van der Waals surface area contributed by atoms with Gasteiger partial charge in [-0.15, -0.1) is 0 Å². The number of benzene rings is 1. The summed E-state index contributed by atoms with van der Waals surface area (Å²) in [5.41, 5.74) is 2.71. The first-order valence-corrected chi connectivity index (χ1v) is 5.60. The minimum atomic E-state index is 0.520. The molecule has 0 amide bonds. The molecule has 1 aromatic carbocycles. The van der Waals surface area contributed by atoms with E-state index in [9.17, 15) is 0 Å². The summed E-state index contributed by atoms with van der Waals surface area (Å²) in [6.45, 7) is 1.05. The molecule has 1 aliphatic rings. The first kappa shape index (κ1) is 9.25. The minimum absolute atomic E-state index is 0.520. The molecule has 15 heavy (non-hydrogen) atoms. The van der Waals surface area contributed by atoms with Crippen molar-refractivity contribution in [3.05, 3.63) is 35.0 Å². The van der Waals surface area contributed by atoms with Crippen molar-refractivity contribution < 1.29 is 0 Å². The van der Waals surface area contributed by atoms with E-state index in [1.807, 2.05) is 13.1 Å². The second kappa shape index (κ2) is 3.26. The van der Waals surface area contributed by atoms with Gasteiger partial charge >= 0.3 is 0 Å². The van der Waals surface area contributed by atoms with Crippen LogP contribution in [0.2, 0.25) is 5.02 Å². The van der Waals surface area contributed by atoms with Gasteiger partial charge in [0.05, 0.1) is 5.52 Å². The van der Waals surface area contributed by atoms with E-state index in [1.165, 1.54) is 16.5 Å². The fraction of sp³-hybridized carbons (Fsp3) is 0.333. The SMILES string of the molecule is CNC1Cc2cc(Cl)cc3ccn(c23)C1. The van der Waals surface area contributed by atoms with Crippen LogP contribution >= 0.6 is 11.6 Å². The smallest absolute Gasteiger partial charge is 0.0515 e. The normalized spacial score (nSPS) is 19.7. The molecular formula is C12H13ClN2. The first-order valence-electron chi connectivity index (χ1n) is 5.22. The number of nitrogens with zero attached hydrogens (tertiary/aromatic N) is 1. The Kier molecular flexibility index (Phi) is 2.01. The van der Waals surface area contributed by atoms with Crippen LogP contribution in [-0.4, -0.2) is 17.7 Å². The topological polar surface area (TPSA) is 17.0 Å². The third-order valence-corrected chi connectivity index (χ3v) is 3.41. The Hall–Kier alpha value is -0.990. The van der Waals surface area contributed by atoms with Crippen LogP contribution in [0.25, 0.3) is 10.9 Å². The highest BCUT2D eigenvalue weighted by atomic mass is 35.5. The quantitative estimate of drug-likeness (QED) is 0.781. The van der Waals surface area contributed by atoms with Gasteiger partial charge in [0.1, 0.15) is 0 Å². The standard InChI is InChI=1S/C12H13ClN2/c1-14-11-6-9-5-10(13)4-8-2-3-15(7-11)12(8)9/h2-5,11,14H,6-7H2,1H3. The van der Waals surface area contributed by atoms with Crippen LogP contribution in [0.15, 0.2) is 24.4 Å². The molecule has 0 radical (unpaired) electrons. The summed E-state index contributed by atoms with van der Waals surface area (Å²) in [7, 11) is 2.01. The molecule has 0 saturated carbocycles. The molecule has 2 nitrogen and oxygen atoms in total. The summed E-state index contributed by atoms with van der Waals surface area (Å²) < 4.78 is 2.31. The minimum Gasteiger partial charge on any atom is -0.346 e. The monoisotopic (exact) mass is 220 g/mol. The van der Waals surface area contributed by atoms with Crippen LogP contribution < -0.4 is 5.32 Å². The Morgan fingerprint density at radius 1 is 1.47 bits per heavy atom. The van der Waals surface area contributed by atoms with Gasteiger partial charge < -0.3 is 9.88 Å². The van der Waals surface area contributed by atoms with Gasteiger partial charge in [0, 0.05) is 29.2 Å². The molecule has 1 N–H and O–H groups in total. The van der Waals surface area contributed by atoms with E-state index in [4.69, 9.17) is 11.6 Å². The molecule has 0 aliphatic carbocycles. The number of rotatable bonds is 1. The number of hydrogen-bond acceptors (Lipinski definition) is 1. The van der Waals surface area contributed by atoms with Gasteiger partial charge in [-0.1, -0.05) is 11.6 Å². The Labute approximate surface area is 93.8 Å². The highest BCUT2D eigenvalue weighted by molar-refractivity contribution is 6.31. The van der Waals surface area contributed by atoms with Crippen molar-refractivity contribution in [2.24, 2.45) is 0 Å². The molecular weight excluding hydrogens is 208 g/mol. The van der Waals surface area contributed by atoms with Crippen molar-refractivity contribution >= 4 is 22.5 Å². The molecule has 1 aliphatic heterocycles. The van der Waals surface area contributed by atoms with Crippen molar-refractivity contribution in [2.75, 3.05) is 7.05 Å². The summed E-state index contributed by atoms with van der Waals surface area (Å²) in [6, 6.07) is 6.79. The molecule has 0 saturated heterocycles. The maximum atomic E-state index is 6.10. The van der Waals surface area contributed by atoms with Crippen LogP contribution in [0.3, 0.4) is 0 Å². The van der Waals surface area contributed by atoms with Crippen molar-refractivity contribution in [2.45, 2.75) is 19.0 Å². The lowest BCUT2D eigenvalue weighted by Gasteiger charge is -2.24. The van der Waals surface area contributed by atoms with Crippen molar-refractivity contribution in [3.8, 4) is 0 Å². The maximum absolute atomic E-state index is 6.10. The van der Waals surface area contributed by atoms with Gasteiger partial charge in [-0.2, -0.15) is 0 Å². The van der Waals surface area contributed by atoms with E-state index in [-0.39, 0.29) is 0 Å². The molecule has 78 valence electrons. The van der Waals surface area contributed by atoms with Crippen LogP contribution in [0.4, 0.5) is 0 Å². The Morgan fingerprint density at radius 2 is 2.33 bits per heavy atom.